The molecule has 2 unspecified atom stereocenters. The first-order chi connectivity index (χ1) is 8.87. The van der Waals surface area contributed by atoms with Crippen molar-refractivity contribution >= 4 is 5.97 Å². The molecule has 114 valence electrons. The van der Waals surface area contributed by atoms with Crippen molar-refractivity contribution < 1.29 is 19.4 Å². The molecule has 4 heteroatoms. The fourth-order valence-electron chi connectivity index (χ4n) is 2.09. The SMILES string of the molecule is CC.CC(C)(C)OC(=O)COCC1CCCC(O)C1. The number of carbonyl (C=O) groups is 1. The molecule has 1 saturated carbocycles. The normalized spacial score (nSPS) is 23.3. The lowest BCUT2D eigenvalue weighted by Crippen LogP contribution is -2.28. The lowest BCUT2D eigenvalue weighted by atomic mass is 9.88. The van der Waals surface area contributed by atoms with Crippen LogP contribution in [0.25, 0.3) is 0 Å². The predicted molar refractivity (Wildman–Crippen MR) is 76.0 cm³/mol. The summed E-state index contributed by atoms with van der Waals surface area (Å²) in [4.78, 5) is 11.4. The molecule has 1 rings (SSSR count). The highest BCUT2D eigenvalue weighted by Gasteiger charge is 2.21. The number of aliphatic hydroxyl groups is 1. The van der Waals surface area contributed by atoms with Gasteiger partial charge < -0.3 is 14.6 Å². The van der Waals surface area contributed by atoms with Crippen LogP contribution in [0.1, 0.15) is 60.3 Å². The Morgan fingerprint density at radius 1 is 1.26 bits per heavy atom. The monoisotopic (exact) mass is 274 g/mol. The maximum atomic E-state index is 11.4. The second-order valence-electron chi connectivity index (χ2n) is 5.79. The molecule has 0 aromatic heterocycles. The summed E-state index contributed by atoms with van der Waals surface area (Å²) in [5.41, 5.74) is -0.457. The number of hydrogen-bond acceptors (Lipinski definition) is 4. The molecule has 0 amide bonds. The van der Waals surface area contributed by atoms with Gasteiger partial charge in [-0.1, -0.05) is 20.3 Å². The number of esters is 1. The van der Waals surface area contributed by atoms with Crippen molar-refractivity contribution in [2.75, 3.05) is 13.2 Å². The van der Waals surface area contributed by atoms with Gasteiger partial charge in [-0.25, -0.2) is 4.79 Å². The Bertz CT molecular complexity index is 245. The first kappa shape index (κ1) is 18.4. The quantitative estimate of drug-likeness (QED) is 0.801. The zero-order valence-electron chi connectivity index (χ0n) is 13.1. The second kappa shape index (κ2) is 9.32. The van der Waals surface area contributed by atoms with Crippen LogP contribution in [0.2, 0.25) is 0 Å². The van der Waals surface area contributed by atoms with Crippen molar-refractivity contribution in [2.45, 2.75) is 72.0 Å². The van der Waals surface area contributed by atoms with Crippen LogP contribution in [-0.2, 0) is 14.3 Å². The topological polar surface area (TPSA) is 55.8 Å². The summed E-state index contributed by atoms with van der Waals surface area (Å²) < 4.78 is 10.5. The third-order valence-corrected chi connectivity index (χ3v) is 2.75. The van der Waals surface area contributed by atoms with E-state index in [1.54, 1.807) is 0 Å². The molecular formula is C15H30O4. The van der Waals surface area contributed by atoms with Gasteiger partial charge in [0, 0.05) is 0 Å². The molecule has 19 heavy (non-hydrogen) atoms. The zero-order chi connectivity index (χ0) is 14.9. The minimum atomic E-state index is -0.457. The summed E-state index contributed by atoms with van der Waals surface area (Å²) in [6.45, 7) is 10.0. The Labute approximate surface area is 117 Å². The third kappa shape index (κ3) is 9.91. The highest BCUT2D eigenvalue weighted by molar-refractivity contribution is 5.71. The van der Waals surface area contributed by atoms with E-state index in [1.807, 2.05) is 34.6 Å². The van der Waals surface area contributed by atoms with Crippen LogP contribution >= 0.6 is 0 Å². The van der Waals surface area contributed by atoms with E-state index in [1.165, 1.54) is 0 Å². The van der Waals surface area contributed by atoms with Gasteiger partial charge in [-0.2, -0.15) is 0 Å². The van der Waals surface area contributed by atoms with Gasteiger partial charge in [0.15, 0.2) is 0 Å². The molecule has 1 aliphatic carbocycles. The van der Waals surface area contributed by atoms with Crippen molar-refractivity contribution in [3.05, 3.63) is 0 Å². The lowest BCUT2D eigenvalue weighted by Gasteiger charge is -2.25. The smallest absolute Gasteiger partial charge is 0.332 e. The molecule has 4 nitrogen and oxygen atoms in total. The molecular weight excluding hydrogens is 244 g/mol. The van der Waals surface area contributed by atoms with E-state index in [-0.39, 0.29) is 18.7 Å². The van der Waals surface area contributed by atoms with Gasteiger partial charge in [0.1, 0.15) is 12.2 Å². The van der Waals surface area contributed by atoms with Crippen molar-refractivity contribution in [1.82, 2.24) is 0 Å². The molecule has 2 atom stereocenters. The van der Waals surface area contributed by atoms with Gasteiger partial charge in [-0.05, 0) is 46.0 Å². The van der Waals surface area contributed by atoms with E-state index in [0.29, 0.717) is 12.5 Å². The van der Waals surface area contributed by atoms with Gasteiger partial charge in [-0.3, -0.25) is 0 Å². The first-order valence-corrected chi connectivity index (χ1v) is 7.34. The first-order valence-electron chi connectivity index (χ1n) is 7.34. The van der Waals surface area contributed by atoms with E-state index < -0.39 is 5.60 Å². The van der Waals surface area contributed by atoms with E-state index in [4.69, 9.17) is 9.47 Å². The van der Waals surface area contributed by atoms with Crippen molar-refractivity contribution in [3.63, 3.8) is 0 Å². The number of rotatable bonds is 4. The largest absolute Gasteiger partial charge is 0.458 e. The van der Waals surface area contributed by atoms with Crippen LogP contribution in [0.5, 0.6) is 0 Å². The summed E-state index contributed by atoms with van der Waals surface area (Å²) in [5.74, 6) is 0.0510. The Kier molecular flexibility index (Phi) is 9.02. The minimum absolute atomic E-state index is 0.00383. The molecule has 0 saturated heterocycles. The zero-order valence-corrected chi connectivity index (χ0v) is 13.1. The Balaban J connectivity index is 0.00000154. The minimum Gasteiger partial charge on any atom is -0.458 e. The van der Waals surface area contributed by atoms with Crippen molar-refractivity contribution in [1.29, 1.82) is 0 Å². The van der Waals surface area contributed by atoms with Crippen LogP contribution in [0.15, 0.2) is 0 Å². The summed E-state index contributed by atoms with van der Waals surface area (Å²) in [5, 5.41) is 9.49. The van der Waals surface area contributed by atoms with Crippen LogP contribution in [0.4, 0.5) is 0 Å². The number of hydrogen-bond donors (Lipinski definition) is 1. The summed E-state index contributed by atoms with van der Waals surface area (Å²) >= 11 is 0. The van der Waals surface area contributed by atoms with Crippen LogP contribution in [-0.4, -0.2) is 36.0 Å². The van der Waals surface area contributed by atoms with E-state index in [2.05, 4.69) is 0 Å². The fourth-order valence-corrected chi connectivity index (χ4v) is 2.09. The van der Waals surface area contributed by atoms with Crippen LogP contribution < -0.4 is 0 Å². The molecule has 1 fully saturated rings. The average molecular weight is 274 g/mol. The van der Waals surface area contributed by atoms with Gasteiger partial charge in [0.05, 0.1) is 12.7 Å². The van der Waals surface area contributed by atoms with E-state index >= 15 is 0 Å². The molecule has 0 heterocycles. The highest BCUT2D eigenvalue weighted by Crippen LogP contribution is 2.24. The standard InChI is InChI=1S/C13H24O4.C2H6/c1-13(2,3)17-12(15)9-16-8-10-5-4-6-11(14)7-10;1-2/h10-11,14H,4-9H2,1-3H3;1-2H3. The molecule has 0 spiro atoms. The van der Waals surface area contributed by atoms with Gasteiger partial charge >= 0.3 is 5.97 Å². The molecule has 0 aromatic rings. The molecule has 1 aliphatic rings. The molecule has 0 bridgehead atoms. The van der Waals surface area contributed by atoms with Gasteiger partial charge in [0.2, 0.25) is 0 Å². The van der Waals surface area contributed by atoms with Crippen LogP contribution in [0.3, 0.4) is 0 Å². The molecule has 1 N–H and O–H groups in total. The van der Waals surface area contributed by atoms with Gasteiger partial charge in [0.25, 0.3) is 0 Å². The average Bonchev–Trinajstić information content (AvgIpc) is 2.29. The van der Waals surface area contributed by atoms with Crippen LogP contribution in [0, 0.1) is 5.92 Å². The fraction of sp³-hybridized carbons (Fsp3) is 0.933. The number of carbonyl (C=O) groups excluding carboxylic acids is 1. The molecule has 0 radical (unpaired) electrons. The van der Waals surface area contributed by atoms with E-state index in [9.17, 15) is 9.90 Å². The van der Waals surface area contributed by atoms with Crippen molar-refractivity contribution in [3.8, 4) is 0 Å². The van der Waals surface area contributed by atoms with Crippen molar-refractivity contribution in [2.24, 2.45) is 5.92 Å². The Morgan fingerprint density at radius 3 is 2.42 bits per heavy atom. The Hall–Kier alpha value is -0.610. The Morgan fingerprint density at radius 2 is 1.89 bits per heavy atom. The lowest BCUT2D eigenvalue weighted by molar-refractivity contribution is -0.160. The van der Waals surface area contributed by atoms with E-state index in [0.717, 1.165) is 25.7 Å². The number of aliphatic hydroxyl groups excluding tert-OH is 1. The third-order valence-electron chi connectivity index (χ3n) is 2.75. The maximum absolute atomic E-state index is 11.4. The summed E-state index contributed by atoms with van der Waals surface area (Å²) in [7, 11) is 0. The summed E-state index contributed by atoms with van der Waals surface area (Å²) in [6, 6.07) is 0. The molecule has 0 aliphatic heterocycles. The summed E-state index contributed by atoms with van der Waals surface area (Å²) in [6.07, 6.45) is 3.60. The highest BCUT2D eigenvalue weighted by atomic mass is 16.6. The molecule has 0 aromatic carbocycles. The number of ether oxygens (including phenoxy) is 2. The second-order valence-corrected chi connectivity index (χ2v) is 5.79. The predicted octanol–water partition coefficient (Wildman–Crippen LogP) is 2.92. The maximum Gasteiger partial charge on any atom is 0.332 e. The van der Waals surface area contributed by atoms with Gasteiger partial charge in [-0.15, -0.1) is 0 Å².